The number of nitro groups is 1. The van der Waals surface area contributed by atoms with Gasteiger partial charge in [0, 0.05) is 12.6 Å². The van der Waals surface area contributed by atoms with Crippen LogP contribution in [0.5, 0.6) is 5.75 Å². The van der Waals surface area contributed by atoms with Crippen LogP contribution < -0.4 is 10.5 Å². The second-order valence-corrected chi connectivity index (χ2v) is 3.53. The van der Waals surface area contributed by atoms with Crippen molar-refractivity contribution in [2.24, 2.45) is 5.73 Å². The van der Waals surface area contributed by atoms with Crippen LogP contribution in [0.1, 0.15) is 0 Å². The summed E-state index contributed by atoms with van der Waals surface area (Å²) in [7, 11) is 0. The molecular formula is C10H13ClN2O4. The molecule has 1 aromatic carbocycles. The lowest BCUT2D eigenvalue weighted by atomic mass is 10.3. The van der Waals surface area contributed by atoms with Crippen LogP contribution in [-0.2, 0) is 4.74 Å². The maximum Gasteiger partial charge on any atom is 0.273 e. The molecule has 0 aliphatic carbocycles. The van der Waals surface area contributed by atoms with E-state index in [2.05, 4.69) is 0 Å². The van der Waals surface area contributed by atoms with E-state index in [4.69, 9.17) is 26.8 Å². The predicted molar refractivity (Wildman–Crippen MR) is 63.5 cm³/mol. The number of non-ortho nitro benzene ring substituents is 1. The molecule has 94 valence electrons. The van der Waals surface area contributed by atoms with Gasteiger partial charge in [-0.1, -0.05) is 11.6 Å². The lowest BCUT2D eigenvalue weighted by molar-refractivity contribution is -0.384. The van der Waals surface area contributed by atoms with Crippen LogP contribution >= 0.6 is 11.6 Å². The fraction of sp³-hybridized carbons (Fsp3) is 0.400. The van der Waals surface area contributed by atoms with E-state index in [9.17, 15) is 10.1 Å². The van der Waals surface area contributed by atoms with E-state index < -0.39 is 4.92 Å². The number of benzene rings is 1. The molecule has 0 aromatic heterocycles. The summed E-state index contributed by atoms with van der Waals surface area (Å²) in [5.41, 5.74) is 5.17. The third-order valence-corrected chi connectivity index (χ3v) is 2.19. The largest absolute Gasteiger partial charge is 0.489 e. The number of halogens is 1. The molecule has 7 heteroatoms. The maximum atomic E-state index is 10.5. The molecule has 6 nitrogen and oxygen atoms in total. The number of nitrogens with two attached hydrogens (primary N) is 1. The fourth-order valence-electron chi connectivity index (χ4n) is 1.11. The molecule has 0 heterocycles. The lowest BCUT2D eigenvalue weighted by Gasteiger charge is -2.07. The van der Waals surface area contributed by atoms with E-state index in [-0.39, 0.29) is 18.0 Å². The molecule has 0 bridgehead atoms. The van der Waals surface area contributed by atoms with E-state index >= 15 is 0 Å². The van der Waals surface area contributed by atoms with Crippen molar-refractivity contribution in [3.05, 3.63) is 33.3 Å². The number of hydrogen-bond donors (Lipinski definition) is 1. The van der Waals surface area contributed by atoms with Gasteiger partial charge in [-0.25, -0.2) is 0 Å². The Hall–Kier alpha value is -1.37. The van der Waals surface area contributed by atoms with E-state index in [1.54, 1.807) is 0 Å². The van der Waals surface area contributed by atoms with Crippen molar-refractivity contribution in [2.45, 2.75) is 0 Å². The van der Waals surface area contributed by atoms with Gasteiger partial charge in [-0.3, -0.25) is 10.1 Å². The molecule has 1 aromatic rings. The molecule has 0 unspecified atom stereocenters. The molecule has 1 rings (SSSR count). The normalized spacial score (nSPS) is 10.2. The van der Waals surface area contributed by atoms with Crippen molar-refractivity contribution in [3.63, 3.8) is 0 Å². The van der Waals surface area contributed by atoms with Crippen LogP contribution in [-0.4, -0.2) is 31.3 Å². The molecule has 17 heavy (non-hydrogen) atoms. The second-order valence-electron chi connectivity index (χ2n) is 3.12. The Kier molecular flexibility index (Phi) is 5.68. The van der Waals surface area contributed by atoms with Crippen LogP contribution in [0, 0.1) is 10.1 Å². The number of ether oxygens (including phenoxy) is 2. The van der Waals surface area contributed by atoms with Gasteiger partial charge in [-0.2, -0.15) is 0 Å². The molecular weight excluding hydrogens is 248 g/mol. The van der Waals surface area contributed by atoms with Crippen LogP contribution in [0.4, 0.5) is 5.69 Å². The summed E-state index contributed by atoms with van der Waals surface area (Å²) in [5.74, 6) is 0.275. The summed E-state index contributed by atoms with van der Waals surface area (Å²) in [6.07, 6.45) is 0. The first-order chi connectivity index (χ1) is 8.15. The average Bonchev–Trinajstić information content (AvgIpc) is 2.30. The van der Waals surface area contributed by atoms with Gasteiger partial charge in [0.2, 0.25) is 0 Å². The zero-order valence-electron chi connectivity index (χ0n) is 9.10. The van der Waals surface area contributed by atoms with Crippen molar-refractivity contribution >= 4 is 17.3 Å². The Morgan fingerprint density at radius 2 is 2.12 bits per heavy atom. The van der Waals surface area contributed by atoms with Crippen molar-refractivity contribution in [1.29, 1.82) is 0 Å². The third kappa shape index (κ3) is 4.56. The number of hydrogen-bond acceptors (Lipinski definition) is 5. The molecule has 0 aliphatic heterocycles. The van der Waals surface area contributed by atoms with Crippen molar-refractivity contribution in [2.75, 3.05) is 26.4 Å². The van der Waals surface area contributed by atoms with Crippen molar-refractivity contribution < 1.29 is 14.4 Å². The summed E-state index contributed by atoms with van der Waals surface area (Å²) in [5, 5.41) is 10.9. The van der Waals surface area contributed by atoms with E-state index in [0.29, 0.717) is 24.8 Å². The number of rotatable bonds is 7. The Bertz CT molecular complexity index is 387. The molecule has 0 fully saturated rings. The SMILES string of the molecule is NCCOCCOc1cc([N+](=O)[O-])ccc1Cl. The molecule has 2 N–H and O–H groups in total. The van der Waals surface area contributed by atoms with Gasteiger partial charge < -0.3 is 15.2 Å². The predicted octanol–water partition coefficient (Wildman–Crippen LogP) is 1.60. The van der Waals surface area contributed by atoms with Crippen LogP contribution in [0.2, 0.25) is 5.02 Å². The van der Waals surface area contributed by atoms with Gasteiger partial charge >= 0.3 is 0 Å². The molecule has 0 saturated heterocycles. The first-order valence-electron chi connectivity index (χ1n) is 4.99. The van der Waals surface area contributed by atoms with Gasteiger partial charge in [0.1, 0.15) is 12.4 Å². The minimum absolute atomic E-state index is 0.0627. The summed E-state index contributed by atoms with van der Waals surface area (Å²) < 4.78 is 10.4. The first kappa shape index (κ1) is 13.7. The van der Waals surface area contributed by atoms with Gasteiger partial charge in [0.25, 0.3) is 5.69 Å². The minimum Gasteiger partial charge on any atom is -0.489 e. The highest BCUT2D eigenvalue weighted by Gasteiger charge is 2.10. The first-order valence-corrected chi connectivity index (χ1v) is 5.37. The van der Waals surface area contributed by atoms with E-state index in [1.165, 1.54) is 18.2 Å². The van der Waals surface area contributed by atoms with E-state index in [0.717, 1.165) is 0 Å². The third-order valence-electron chi connectivity index (χ3n) is 1.87. The Labute approximate surface area is 103 Å². The van der Waals surface area contributed by atoms with Crippen LogP contribution in [0.15, 0.2) is 18.2 Å². The number of nitro benzene ring substituents is 1. The highest BCUT2D eigenvalue weighted by Crippen LogP contribution is 2.28. The molecule has 0 atom stereocenters. The summed E-state index contributed by atoms with van der Waals surface area (Å²) in [4.78, 5) is 10.0. The summed E-state index contributed by atoms with van der Waals surface area (Å²) in [6.45, 7) is 1.51. The maximum absolute atomic E-state index is 10.5. The summed E-state index contributed by atoms with van der Waals surface area (Å²) >= 11 is 5.83. The van der Waals surface area contributed by atoms with Gasteiger partial charge in [-0.05, 0) is 6.07 Å². The average molecular weight is 261 g/mol. The summed E-state index contributed by atoms with van der Waals surface area (Å²) in [6, 6.07) is 4.03. The van der Waals surface area contributed by atoms with Crippen molar-refractivity contribution in [1.82, 2.24) is 0 Å². The Morgan fingerprint density at radius 1 is 1.35 bits per heavy atom. The monoisotopic (exact) mass is 260 g/mol. The molecule has 0 saturated carbocycles. The fourth-order valence-corrected chi connectivity index (χ4v) is 1.28. The topological polar surface area (TPSA) is 87.6 Å². The highest BCUT2D eigenvalue weighted by molar-refractivity contribution is 6.32. The molecule has 0 amide bonds. The van der Waals surface area contributed by atoms with Gasteiger partial charge in [-0.15, -0.1) is 0 Å². The van der Waals surface area contributed by atoms with Gasteiger partial charge in [0.15, 0.2) is 0 Å². The second kappa shape index (κ2) is 7.05. The van der Waals surface area contributed by atoms with Crippen LogP contribution in [0.3, 0.4) is 0 Å². The minimum atomic E-state index is -0.506. The van der Waals surface area contributed by atoms with Gasteiger partial charge in [0.05, 0.1) is 29.2 Å². The number of nitrogens with zero attached hydrogens (tertiary/aromatic N) is 1. The lowest BCUT2D eigenvalue weighted by Crippen LogP contribution is -2.13. The zero-order valence-corrected chi connectivity index (χ0v) is 9.85. The molecule has 0 aliphatic rings. The molecule has 0 radical (unpaired) electrons. The van der Waals surface area contributed by atoms with Crippen LogP contribution in [0.25, 0.3) is 0 Å². The zero-order chi connectivity index (χ0) is 12.7. The smallest absolute Gasteiger partial charge is 0.273 e. The quantitative estimate of drug-likeness (QED) is 0.457. The standard InChI is InChI=1S/C10H13ClN2O4/c11-9-2-1-8(13(14)15)7-10(9)17-6-5-16-4-3-12/h1-2,7H,3-6,12H2. The van der Waals surface area contributed by atoms with Crippen molar-refractivity contribution in [3.8, 4) is 5.75 Å². The Morgan fingerprint density at radius 3 is 2.76 bits per heavy atom. The van der Waals surface area contributed by atoms with E-state index in [1.807, 2.05) is 0 Å². The Balaban J connectivity index is 2.51. The highest BCUT2D eigenvalue weighted by atomic mass is 35.5. The molecule has 0 spiro atoms.